The van der Waals surface area contributed by atoms with E-state index in [0.717, 1.165) is 37.7 Å². The average molecular weight is 405 g/mol. The zero-order valence-electron chi connectivity index (χ0n) is 18.4. The minimum absolute atomic E-state index is 0.107. The predicted octanol–water partition coefficient (Wildman–Crippen LogP) is 2.43. The fourth-order valence-electron chi connectivity index (χ4n) is 3.66. The molecule has 1 saturated heterocycles. The molecule has 1 fully saturated rings. The monoisotopic (exact) mass is 404 g/mol. The Morgan fingerprint density at radius 2 is 1.86 bits per heavy atom. The van der Waals surface area contributed by atoms with Crippen LogP contribution in [0.3, 0.4) is 0 Å². The van der Waals surface area contributed by atoms with Crippen LogP contribution in [0.2, 0.25) is 0 Å². The Balaban J connectivity index is 1.72. The largest absolute Gasteiger partial charge is 0.497 e. The second-order valence-electron chi connectivity index (χ2n) is 8.42. The molecule has 1 aromatic rings. The lowest BCUT2D eigenvalue weighted by Gasteiger charge is -2.40. The lowest BCUT2D eigenvalue weighted by Crippen LogP contribution is -2.48. The maximum Gasteiger partial charge on any atom is 0.251 e. The van der Waals surface area contributed by atoms with Crippen LogP contribution in [0, 0.1) is 11.3 Å². The van der Waals surface area contributed by atoms with Crippen LogP contribution in [0.5, 0.6) is 5.75 Å². The van der Waals surface area contributed by atoms with Crippen LogP contribution in [0.4, 0.5) is 0 Å². The Kier molecular flexibility index (Phi) is 8.76. The number of carbonyl (C=O) groups is 1. The minimum atomic E-state index is -0.107. The van der Waals surface area contributed by atoms with Gasteiger partial charge in [0.1, 0.15) is 5.75 Å². The third-order valence-corrected chi connectivity index (χ3v) is 5.11. The van der Waals surface area contributed by atoms with Crippen molar-refractivity contribution < 1.29 is 14.3 Å². The van der Waals surface area contributed by atoms with Gasteiger partial charge in [0.05, 0.1) is 13.2 Å². The molecule has 1 amide bonds. The topological polar surface area (TPSA) is 84.0 Å². The molecule has 2 unspecified atom stereocenters. The van der Waals surface area contributed by atoms with Crippen LogP contribution < -0.4 is 20.7 Å². The second-order valence-corrected chi connectivity index (χ2v) is 8.42. The van der Waals surface area contributed by atoms with Gasteiger partial charge in [-0.3, -0.25) is 9.79 Å². The van der Waals surface area contributed by atoms with Crippen molar-refractivity contribution in [3.05, 3.63) is 29.8 Å². The highest BCUT2D eigenvalue weighted by Crippen LogP contribution is 2.33. The summed E-state index contributed by atoms with van der Waals surface area (Å²) in [7, 11) is 3.36. The van der Waals surface area contributed by atoms with Gasteiger partial charge in [-0.15, -0.1) is 0 Å². The van der Waals surface area contributed by atoms with Crippen molar-refractivity contribution in [2.24, 2.45) is 16.3 Å². The Morgan fingerprint density at radius 3 is 2.48 bits per heavy atom. The molecular formula is C22H36N4O3. The summed E-state index contributed by atoms with van der Waals surface area (Å²) in [5, 5.41) is 9.56. The number of hydrogen-bond donors (Lipinski definition) is 3. The van der Waals surface area contributed by atoms with Crippen molar-refractivity contribution in [2.45, 2.75) is 39.7 Å². The Hall–Kier alpha value is -2.28. The number of amides is 1. The molecule has 1 aliphatic rings. The summed E-state index contributed by atoms with van der Waals surface area (Å²) in [6, 6.07) is 7.05. The third kappa shape index (κ3) is 7.24. The lowest BCUT2D eigenvalue weighted by molar-refractivity contribution is -0.0835. The Bertz CT molecular complexity index is 668. The molecule has 0 aromatic heterocycles. The molecule has 0 spiro atoms. The molecule has 7 nitrogen and oxygen atoms in total. The van der Waals surface area contributed by atoms with E-state index in [4.69, 9.17) is 9.47 Å². The van der Waals surface area contributed by atoms with E-state index in [0.29, 0.717) is 24.6 Å². The summed E-state index contributed by atoms with van der Waals surface area (Å²) in [6.07, 6.45) is 2.50. The molecule has 2 atom stereocenters. The molecule has 2 rings (SSSR count). The first kappa shape index (κ1) is 23.0. The van der Waals surface area contributed by atoms with Gasteiger partial charge >= 0.3 is 0 Å². The fraction of sp³-hybridized carbons (Fsp3) is 0.636. The number of ether oxygens (including phenoxy) is 2. The van der Waals surface area contributed by atoms with Crippen LogP contribution >= 0.6 is 0 Å². The van der Waals surface area contributed by atoms with Crippen LogP contribution in [-0.2, 0) is 4.74 Å². The molecule has 1 heterocycles. The van der Waals surface area contributed by atoms with E-state index in [9.17, 15) is 4.79 Å². The van der Waals surface area contributed by atoms with Gasteiger partial charge in [-0.1, -0.05) is 20.8 Å². The van der Waals surface area contributed by atoms with Crippen LogP contribution in [-0.4, -0.2) is 58.4 Å². The molecule has 162 valence electrons. The normalized spacial score (nSPS) is 20.1. The SMILES string of the molecule is CN=C(NCCNC(=O)c1ccc(OC)cc1)NCC1CCCOC1C(C)(C)C. The van der Waals surface area contributed by atoms with Gasteiger partial charge < -0.3 is 25.4 Å². The van der Waals surface area contributed by atoms with E-state index in [-0.39, 0.29) is 17.4 Å². The number of benzene rings is 1. The summed E-state index contributed by atoms with van der Waals surface area (Å²) in [4.78, 5) is 16.5. The van der Waals surface area contributed by atoms with Crippen LogP contribution in [0.15, 0.2) is 29.3 Å². The summed E-state index contributed by atoms with van der Waals surface area (Å²) < 4.78 is 11.2. The minimum Gasteiger partial charge on any atom is -0.497 e. The van der Waals surface area contributed by atoms with E-state index in [2.05, 4.69) is 41.7 Å². The molecule has 7 heteroatoms. The van der Waals surface area contributed by atoms with Crippen molar-refractivity contribution in [2.75, 3.05) is 40.4 Å². The smallest absolute Gasteiger partial charge is 0.251 e. The quantitative estimate of drug-likeness (QED) is 0.369. The summed E-state index contributed by atoms with van der Waals surface area (Å²) in [5.74, 6) is 1.82. The van der Waals surface area contributed by atoms with E-state index >= 15 is 0 Å². The molecule has 0 bridgehead atoms. The molecule has 0 saturated carbocycles. The van der Waals surface area contributed by atoms with Gasteiger partial charge in [-0.25, -0.2) is 0 Å². The molecule has 3 N–H and O–H groups in total. The first-order chi connectivity index (χ1) is 13.8. The maximum atomic E-state index is 12.2. The van der Waals surface area contributed by atoms with E-state index < -0.39 is 0 Å². The molecule has 0 radical (unpaired) electrons. The van der Waals surface area contributed by atoms with Gasteiger partial charge in [0.2, 0.25) is 0 Å². The van der Waals surface area contributed by atoms with Crippen molar-refractivity contribution in [3.8, 4) is 5.75 Å². The lowest BCUT2D eigenvalue weighted by atomic mass is 9.78. The van der Waals surface area contributed by atoms with Gasteiger partial charge in [0.25, 0.3) is 5.91 Å². The standard InChI is InChI=1S/C22H36N4O3/c1-22(2,3)19-17(7-6-14-29-19)15-26-21(23-4)25-13-12-24-20(27)16-8-10-18(28-5)11-9-16/h8-11,17,19H,6-7,12-15H2,1-5H3,(H,24,27)(H2,23,25,26). The van der Waals surface area contributed by atoms with E-state index in [1.807, 2.05) is 0 Å². The fourth-order valence-corrected chi connectivity index (χ4v) is 3.66. The average Bonchev–Trinajstić information content (AvgIpc) is 2.72. The van der Waals surface area contributed by atoms with Crippen molar-refractivity contribution in [1.82, 2.24) is 16.0 Å². The second kappa shape index (κ2) is 11.0. The van der Waals surface area contributed by atoms with Crippen molar-refractivity contribution in [3.63, 3.8) is 0 Å². The molecule has 29 heavy (non-hydrogen) atoms. The highest BCUT2D eigenvalue weighted by molar-refractivity contribution is 5.94. The number of guanidine groups is 1. The first-order valence-electron chi connectivity index (χ1n) is 10.3. The molecule has 0 aliphatic carbocycles. The van der Waals surface area contributed by atoms with Crippen LogP contribution in [0.1, 0.15) is 44.0 Å². The van der Waals surface area contributed by atoms with Gasteiger partial charge in [0.15, 0.2) is 5.96 Å². The van der Waals surface area contributed by atoms with E-state index in [1.165, 1.54) is 0 Å². The molecule has 1 aliphatic heterocycles. The number of nitrogens with zero attached hydrogens (tertiary/aromatic N) is 1. The summed E-state index contributed by atoms with van der Waals surface area (Å²) >= 11 is 0. The number of methoxy groups -OCH3 is 1. The number of aliphatic imine (C=N–C) groups is 1. The van der Waals surface area contributed by atoms with Crippen molar-refractivity contribution >= 4 is 11.9 Å². The predicted molar refractivity (Wildman–Crippen MR) is 117 cm³/mol. The maximum absolute atomic E-state index is 12.2. The van der Waals surface area contributed by atoms with E-state index in [1.54, 1.807) is 38.4 Å². The molecular weight excluding hydrogens is 368 g/mol. The van der Waals surface area contributed by atoms with Crippen LogP contribution in [0.25, 0.3) is 0 Å². The van der Waals surface area contributed by atoms with Crippen molar-refractivity contribution in [1.29, 1.82) is 0 Å². The van der Waals surface area contributed by atoms with Gasteiger partial charge in [-0.2, -0.15) is 0 Å². The Morgan fingerprint density at radius 1 is 1.17 bits per heavy atom. The summed E-state index contributed by atoms with van der Waals surface area (Å²) in [6.45, 7) is 9.45. The number of nitrogens with one attached hydrogen (secondary N) is 3. The number of carbonyl (C=O) groups excluding carboxylic acids is 1. The first-order valence-corrected chi connectivity index (χ1v) is 10.3. The van der Waals surface area contributed by atoms with Gasteiger partial charge in [0, 0.05) is 44.8 Å². The third-order valence-electron chi connectivity index (χ3n) is 5.11. The highest BCUT2D eigenvalue weighted by Gasteiger charge is 2.35. The zero-order valence-corrected chi connectivity index (χ0v) is 18.4. The highest BCUT2D eigenvalue weighted by atomic mass is 16.5. The molecule has 1 aromatic carbocycles. The number of hydrogen-bond acceptors (Lipinski definition) is 4. The Labute approximate surface area is 174 Å². The zero-order chi connectivity index (χ0) is 21.3. The number of rotatable bonds is 7. The van der Waals surface area contributed by atoms with Gasteiger partial charge in [-0.05, 0) is 42.5 Å². The summed E-state index contributed by atoms with van der Waals surface area (Å²) in [5.41, 5.74) is 0.731.